The predicted octanol–water partition coefficient (Wildman–Crippen LogP) is -8.19. The second kappa shape index (κ2) is 31.3. The number of aliphatic hydroxyl groups is 15. The number of nitrogens with zero attached hydrogens (tertiary/aromatic N) is 18. The minimum Gasteiger partial charge on any atom is -0.479 e. The molecule has 0 bridgehead atoms. The van der Waals surface area contributed by atoms with Crippen LogP contribution in [0.25, 0.3) is 55.7 Å². The smallest absolute Gasteiger partial charge is 0.280 e. The molecule has 25 N–H and O–H groups in total. The summed E-state index contributed by atoms with van der Waals surface area (Å²) in [6, 6.07) is 0.395. The van der Waals surface area contributed by atoms with Crippen molar-refractivity contribution in [3.8, 4) is 67.6 Å². The fraction of sp³-hybridized carbons (Fsp3) is 0.446. The Bertz CT molecular complexity index is 5520. The number of hydrogen-bond donors (Lipinski definition) is 21. The molecule has 0 radical (unpaired) electrons. The molecule has 48 heteroatoms. The van der Waals surface area contributed by atoms with Crippen molar-refractivity contribution in [2.75, 3.05) is 68.4 Å². The van der Waals surface area contributed by atoms with E-state index >= 15 is 0 Å². The molecule has 10 aromatic heterocycles. The number of nitrogens with two attached hydrogens (primary N) is 4. The summed E-state index contributed by atoms with van der Waals surface area (Å²) in [7, 11) is 1.40. The molecule has 20 atom stereocenters. The molecule has 0 amide bonds. The Morgan fingerprint density at radius 1 is 0.522 bits per heavy atom. The number of rotatable bonds is 13. The van der Waals surface area contributed by atoms with Crippen LogP contribution in [0, 0.1) is 67.5 Å². The highest BCUT2D eigenvalue weighted by Gasteiger charge is 2.59. The number of aromatic amines is 1. The normalized spacial score (nSPS) is 31.6. The molecule has 1 aliphatic carbocycles. The van der Waals surface area contributed by atoms with Crippen molar-refractivity contribution in [1.82, 2.24) is 92.6 Å². The SMILES string of the molecule is C#C[C@]1(CO)O[C@@H](n2cc(F)c3c(N)nc(Cl)nc32)[C@@H](O)C1O.C#C[C@]1(CO)O[C@@H](n2cnc3c(=O)[nH]c(N)nc32)[C@@H](O)C1O.C#C[C@]1(CO)O[C@@H](n2cnc3c(NC4CC4)ncnc32)[C@@H](O)C1O.C#C[C@]1(CO)O[C@@H](n2cnc3c(OC)nc(N)nc32)[C@@H](O)C1O.C#C[C@]1(CO)O[C@@H](n2cnc3cnc(N)nc32)[C@@H](O)C1O. The molecule has 6 aliphatic rings. The summed E-state index contributed by atoms with van der Waals surface area (Å²) in [6.07, 6.45) is 17.7. The molecule has 5 saturated heterocycles. The van der Waals surface area contributed by atoms with Crippen molar-refractivity contribution < 1.29 is 109 Å². The topological polar surface area (TPSA) is 700 Å². The number of imidazole rings is 4. The van der Waals surface area contributed by atoms with Crippen molar-refractivity contribution in [2.45, 2.75) is 139 Å². The van der Waals surface area contributed by atoms with E-state index in [-0.39, 0.29) is 62.7 Å². The second-order valence-corrected chi connectivity index (χ2v) is 26.2. The molecule has 113 heavy (non-hydrogen) atoms. The van der Waals surface area contributed by atoms with Gasteiger partial charge in [-0.3, -0.25) is 28.0 Å². The van der Waals surface area contributed by atoms with Crippen molar-refractivity contribution in [2.24, 2.45) is 0 Å². The van der Waals surface area contributed by atoms with E-state index in [1.165, 1.54) is 63.2 Å². The Kier molecular flexibility index (Phi) is 22.5. The first-order valence-electron chi connectivity index (χ1n) is 33.1. The summed E-state index contributed by atoms with van der Waals surface area (Å²) < 4.78 is 53.3. The third kappa shape index (κ3) is 13.9. The lowest BCUT2D eigenvalue weighted by Gasteiger charge is -2.23. The molecule has 10 aromatic rings. The molecule has 5 unspecified atom stereocenters. The Balaban J connectivity index is 0.000000131. The molecule has 6 fully saturated rings. The van der Waals surface area contributed by atoms with Crippen LogP contribution in [0.1, 0.15) is 44.0 Å². The average molecular weight is 1590 g/mol. The van der Waals surface area contributed by atoms with E-state index in [2.05, 4.69) is 105 Å². The monoisotopic (exact) mass is 1590 g/mol. The van der Waals surface area contributed by atoms with Crippen LogP contribution in [0.4, 0.5) is 33.9 Å². The van der Waals surface area contributed by atoms with Crippen LogP contribution in [0.3, 0.4) is 0 Å². The van der Waals surface area contributed by atoms with Crippen LogP contribution < -0.4 is 38.5 Å². The number of aliphatic hydroxyl groups excluding tert-OH is 15. The lowest BCUT2D eigenvalue weighted by molar-refractivity contribution is -0.0911. The summed E-state index contributed by atoms with van der Waals surface area (Å²) in [5.41, 5.74) is 15.4. The largest absolute Gasteiger partial charge is 0.479 e. The number of terminal acetylenes is 5. The van der Waals surface area contributed by atoms with Gasteiger partial charge in [-0.1, -0.05) is 29.6 Å². The van der Waals surface area contributed by atoms with E-state index in [1.54, 1.807) is 0 Å². The first kappa shape index (κ1) is 81.1. The number of anilines is 5. The molecule has 0 aromatic carbocycles. The third-order valence-electron chi connectivity index (χ3n) is 19.2. The number of fused-ring (bicyclic) bond motifs is 5. The van der Waals surface area contributed by atoms with Gasteiger partial charge >= 0.3 is 0 Å². The third-order valence-corrected chi connectivity index (χ3v) is 19.3. The highest BCUT2D eigenvalue weighted by atomic mass is 35.5. The number of ether oxygens (including phenoxy) is 6. The van der Waals surface area contributed by atoms with Gasteiger partial charge in [0.15, 0.2) is 116 Å². The van der Waals surface area contributed by atoms with Crippen LogP contribution >= 0.6 is 11.6 Å². The number of methoxy groups -OCH3 is 1. The highest BCUT2D eigenvalue weighted by Crippen LogP contribution is 2.44. The molecule has 15 heterocycles. The van der Waals surface area contributed by atoms with Gasteiger partial charge in [-0.25, -0.2) is 44.3 Å². The first-order chi connectivity index (χ1) is 53.9. The zero-order valence-electron chi connectivity index (χ0n) is 58.3. The second-order valence-electron chi connectivity index (χ2n) is 25.9. The summed E-state index contributed by atoms with van der Waals surface area (Å²) in [5, 5.41) is 151. The van der Waals surface area contributed by atoms with Crippen LogP contribution in [0.5, 0.6) is 5.88 Å². The molecule has 16 rings (SSSR count). The lowest BCUT2D eigenvalue weighted by Crippen LogP contribution is -2.44. The summed E-state index contributed by atoms with van der Waals surface area (Å²) in [4.78, 5) is 66.0. The fourth-order valence-corrected chi connectivity index (χ4v) is 12.9. The molecule has 1 saturated carbocycles. The maximum absolute atomic E-state index is 14.1. The predicted molar refractivity (Wildman–Crippen MR) is 381 cm³/mol. The Hall–Kier alpha value is -11.4. The number of aromatic nitrogens is 19. The van der Waals surface area contributed by atoms with E-state index in [4.69, 9.17) is 95.1 Å². The van der Waals surface area contributed by atoms with E-state index in [1.807, 2.05) is 0 Å². The zero-order chi connectivity index (χ0) is 81.9. The molecule has 46 nitrogen and oxygen atoms in total. The van der Waals surface area contributed by atoms with Crippen LogP contribution in [0.15, 0.2) is 48.8 Å². The van der Waals surface area contributed by atoms with Gasteiger partial charge in [0, 0.05) is 12.2 Å². The van der Waals surface area contributed by atoms with Gasteiger partial charge in [-0.2, -0.15) is 24.9 Å². The quantitative estimate of drug-likeness (QED) is 0.0376. The average Bonchev–Trinajstić information content (AvgIpc) is 1.63. The minimum absolute atomic E-state index is 0.0123. The van der Waals surface area contributed by atoms with E-state index in [0.717, 1.165) is 23.6 Å². The first-order valence-corrected chi connectivity index (χ1v) is 33.5. The number of hydrogen-bond acceptors (Lipinski definition) is 40. The lowest BCUT2D eigenvalue weighted by atomic mass is 9.97. The Morgan fingerprint density at radius 2 is 0.929 bits per heavy atom. The molecule has 596 valence electrons. The number of H-pyrrole nitrogens is 1. The minimum atomic E-state index is -1.82. The van der Waals surface area contributed by atoms with Crippen LogP contribution in [-0.4, -0.2) is 304 Å². The van der Waals surface area contributed by atoms with E-state index in [0.29, 0.717) is 39.7 Å². The molecular weight excluding hydrogens is 1520 g/mol. The maximum atomic E-state index is 14.1. The van der Waals surface area contributed by atoms with Crippen LogP contribution in [-0.2, 0) is 23.7 Å². The Morgan fingerprint density at radius 3 is 1.36 bits per heavy atom. The van der Waals surface area contributed by atoms with Gasteiger partial charge in [0.2, 0.25) is 29.0 Å². The van der Waals surface area contributed by atoms with E-state index in [9.17, 15) is 85.8 Å². The summed E-state index contributed by atoms with van der Waals surface area (Å²) >= 11 is 5.72. The highest BCUT2D eigenvalue weighted by molar-refractivity contribution is 6.28. The standard InChI is InChI=1S/C15H17N5O4.C13H12ClFN4O4.C13H15N5O5.C12H13N5O5.C12H13N5O4/c1-2-15(5-21)11(23)10(22)14(24-15)20-7-18-9-12(19-8-3-4-8)16-6-17-13(9)20;1-2-13(4-20)8(22)7(21)11(23-13)19-3-5(15)6-9(16)17-12(14)18-10(6)19;1-3-13(4-19)8(21)7(20)11(23-13)18-5-15-6-9(18)16-12(14)17-10(6)22-2;1-2-12(3-18)7(20)6(19)10(22-12)17-4-14-5-8(17)15-11(13)16-9(5)21;1-2-12(4-18)8(20)7(19)10(21-12)17-5-15-6-3-14-11(13)16-9(6)17/h1,6-8,10-11,14,21-23H,3-5H2,(H,16,17,19);1,3,7-8,11,20-22H,4H2,(H2,16,17,18);1,5,7-8,11,19-21H,4H2,2H3,(H2,14,16,17);1,4,6-7,10,18-20H,3H2,(H3,13,15,16,21);1,3,5,7-8,10,18-20H,4H2,(H2,13,14,16)/t10-,11?,14+,15+;2*7-,8?,11+,13+;6-,7?,10+,12+;7-,8?,10+,12+/m00000/s1. The number of nitrogens with one attached hydrogen (secondary N) is 2. The van der Waals surface area contributed by atoms with Gasteiger partial charge in [0.1, 0.15) is 78.7 Å². The van der Waals surface area contributed by atoms with Gasteiger partial charge in [0.25, 0.3) is 5.56 Å². The molecule has 0 spiro atoms. The summed E-state index contributed by atoms with van der Waals surface area (Å²) in [5.74, 6) is 10.5. The number of nitrogen functional groups attached to an aromatic ring is 4. The summed E-state index contributed by atoms with van der Waals surface area (Å²) in [6.45, 7) is -3.35. The maximum Gasteiger partial charge on any atom is 0.280 e. The Labute approximate surface area is 637 Å². The van der Waals surface area contributed by atoms with Gasteiger partial charge in [-0.05, 0) is 24.4 Å². The van der Waals surface area contributed by atoms with Crippen molar-refractivity contribution in [3.05, 3.63) is 65.5 Å². The van der Waals surface area contributed by atoms with Gasteiger partial charge in [-0.15, -0.1) is 32.1 Å². The van der Waals surface area contributed by atoms with Gasteiger partial charge < -0.3 is 138 Å². The van der Waals surface area contributed by atoms with Crippen LogP contribution in [0.2, 0.25) is 5.28 Å². The molecule has 5 aliphatic heterocycles. The zero-order valence-corrected chi connectivity index (χ0v) is 59.1. The van der Waals surface area contributed by atoms with Crippen molar-refractivity contribution >= 4 is 96.8 Å². The van der Waals surface area contributed by atoms with E-state index < -0.39 is 165 Å². The van der Waals surface area contributed by atoms with Crippen molar-refractivity contribution in [3.63, 3.8) is 0 Å². The van der Waals surface area contributed by atoms with Gasteiger partial charge in [0.05, 0.1) is 77.0 Å². The fourth-order valence-electron chi connectivity index (χ4n) is 12.8. The van der Waals surface area contributed by atoms with Crippen molar-refractivity contribution in [1.29, 1.82) is 0 Å². The number of halogens is 2. The molecular formula is C65H70ClFN24O22.